The topological polar surface area (TPSA) is 43.8 Å². The Kier molecular flexibility index (Phi) is 2.30. The van der Waals surface area contributed by atoms with Gasteiger partial charge >= 0.3 is 0 Å². The van der Waals surface area contributed by atoms with Crippen molar-refractivity contribution in [2.75, 3.05) is 0 Å². The van der Waals surface area contributed by atoms with Crippen LogP contribution in [0.3, 0.4) is 0 Å². The summed E-state index contributed by atoms with van der Waals surface area (Å²) in [6.45, 7) is 2.97. The standard InChI is InChI=1S/C9H14ClN3/c1-6(11)8-9(10)12-7-4-2-3-5-13(7)8/h6H,2-5,11H2,1H3. The van der Waals surface area contributed by atoms with E-state index in [2.05, 4.69) is 9.55 Å². The highest BCUT2D eigenvalue weighted by Gasteiger charge is 2.20. The van der Waals surface area contributed by atoms with Crippen LogP contribution in [0.2, 0.25) is 5.15 Å². The molecule has 13 heavy (non-hydrogen) atoms. The number of hydrogen-bond acceptors (Lipinski definition) is 2. The maximum atomic E-state index is 6.02. The lowest BCUT2D eigenvalue weighted by molar-refractivity contribution is 0.498. The Morgan fingerprint density at radius 3 is 3.00 bits per heavy atom. The summed E-state index contributed by atoms with van der Waals surface area (Å²) in [5.74, 6) is 1.10. The lowest BCUT2D eigenvalue weighted by Gasteiger charge is -2.17. The number of aryl methyl sites for hydroxylation is 1. The summed E-state index contributed by atoms with van der Waals surface area (Å²) in [5, 5.41) is 0.590. The van der Waals surface area contributed by atoms with Crippen LogP contribution in [0.15, 0.2) is 0 Å². The van der Waals surface area contributed by atoms with Crippen molar-refractivity contribution in [2.45, 2.75) is 38.8 Å². The van der Waals surface area contributed by atoms with Crippen LogP contribution in [-0.2, 0) is 13.0 Å². The van der Waals surface area contributed by atoms with Crippen molar-refractivity contribution in [3.8, 4) is 0 Å². The fourth-order valence-electron chi connectivity index (χ4n) is 1.91. The van der Waals surface area contributed by atoms with Crippen molar-refractivity contribution in [1.29, 1.82) is 0 Å². The second-order valence-corrected chi connectivity index (χ2v) is 3.96. The second kappa shape index (κ2) is 3.31. The molecule has 1 aliphatic rings. The number of aromatic nitrogens is 2. The fourth-order valence-corrected chi connectivity index (χ4v) is 2.28. The van der Waals surface area contributed by atoms with Crippen molar-refractivity contribution in [3.63, 3.8) is 0 Å². The molecule has 2 heterocycles. The number of fused-ring (bicyclic) bond motifs is 1. The molecule has 0 spiro atoms. The van der Waals surface area contributed by atoms with E-state index in [-0.39, 0.29) is 6.04 Å². The molecule has 0 saturated heterocycles. The molecule has 1 aliphatic heterocycles. The maximum absolute atomic E-state index is 6.02. The van der Waals surface area contributed by atoms with Gasteiger partial charge < -0.3 is 10.3 Å². The first-order chi connectivity index (χ1) is 6.20. The van der Waals surface area contributed by atoms with Gasteiger partial charge in [-0.05, 0) is 19.8 Å². The van der Waals surface area contributed by atoms with Crippen LogP contribution in [0.5, 0.6) is 0 Å². The molecule has 0 aromatic carbocycles. The van der Waals surface area contributed by atoms with Gasteiger partial charge in [-0.2, -0.15) is 0 Å². The third-order valence-electron chi connectivity index (χ3n) is 2.50. The van der Waals surface area contributed by atoms with Gasteiger partial charge in [0.1, 0.15) is 5.82 Å². The second-order valence-electron chi connectivity index (χ2n) is 3.60. The molecule has 1 aromatic rings. The van der Waals surface area contributed by atoms with Gasteiger partial charge in [-0.15, -0.1) is 0 Å². The van der Waals surface area contributed by atoms with Crippen LogP contribution in [-0.4, -0.2) is 9.55 Å². The summed E-state index contributed by atoms with van der Waals surface area (Å²) in [7, 11) is 0. The van der Waals surface area contributed by atoms with Gasteiger partial charge in [-0.25, -0.2) is 4.98 Å². The third-order valence-corrected chi connectivity index (χ3v) is 2.78. The van der Waals surface area contributed by atoms with Crippen molar-refractivity contribution < 1.29 is 0 Å². The predicted octanol–water partition coefficient (Wildman–Crippen LogP) is 1.89. The van der Waals surface area contributed by atoms with Gasteiger partial charge in [0.15, 0.2) is 5.15 Å². The molecule has 4 heteroatoms. The molecular weight excluding hydrogens is 186 g/mol. The summed E-state index contributed by atoms with van der Waals surface area (Å²) in [5.41, 5.74) is 6.83. The van der Waals surface area contributed by atoms with Gasteiger partial charge in [-0.1, -0.05) is 11.6 Å². The van der Waals surface area contributed by atoms with E-state index >= 15 is 0 Å². The molecular formula is C9H14ClN3. The van der Waals surface area contributed by atoms with Gasteiger partial charge in [0.25, 0.3) is 0 Å². The van der Waals surface area contributed by atoms with Crippen LogP contribution >= 0.6 is 11.6 Å². The number of rotatable bonds is 1. The van der Waals surface area contributed by atoms with E-state index in [4.69, 9.17) is 17.3 Å². The minimum Gasteiger partial charge on any atom is -0.329 e. The number of nitrogens with zero attached hydrogens (tertiary/aromatic N) is 2. The number of imidazole rings is 1. The van der Waals surface area contributed by atoms with Gasteiger partial charge in [0.05, 0.1) is 5.69 Å². The van der Waals surface area contributed by atoms with E-state index < -0.39 is 0 Å². The smallest absolute Gasteiger partial charge is 0.152 e. The Morgan fingerprint density at radius 2 is 2.31 bits per heavy atom. The Morgan fingerprint density at radius 1 is 1.54 bits per heavy atom. The monoisotopic (exact) mass is 199 g/mol. The maximum Gasteiger partial charge on any atom is 0.152 e. The first-order valence-corrected chi connectivity index (χ1v) is 5.08. The first-order valence-electron chi connectivity index (χ1n) is 4.70. The zero-order valence-corrected chi connectivity index (χ0v) is 8.51. The lowest BCUT2D eigenvalue weighted by Crippen LogP contribution is -2.17. The van der Waals surface area contributed by atoms with E-state index in [0.29, 0.717) is 5.15 Å². The Balaban J connectivity index is 2.48. The first kappa shape index (κ1) is 9.03. The molecule has 0 aliphatic carbocycles. The summed E-state index contributed by atoms with van der Waals surface area (Å²) in [6, 6.07) is -0.0214. The van der Waals surface area contributed by atoms with E-state index in [9.17, 15) is 0 Å². The average Bonchev–Trinajstić information content (AvgIpc) is 2.39. The van der Waals surface area contributed by atoms with E-state index in [1.165, 1.54) is 12.8 Å². The van der Waals surface area contributed by atoms with Crippen molar-refractivity contribution >= 4 is 11.6 Å². The van der Waals surface area contributed by atoms with Crippen LogP contribution in [0.4, 0.5) is 0 Å². The average molecular weight is 200 g/mol. The summed E-state index contributed by atoms with van der Waals surface area (Å²) >= 11 is 6.02. The molecule has 1 aromatic heterocycles. The molecule has 0 bridgehead atoms. The minimum atomic E-state index is -0.0214. The molecule has 0 amide bonds. The Hall–Kier alpha value is -0.540. The van der Waals surface area contributed by atoms with E-state index in [1.54, 1.807) is 0 Å². The molecule has 3 nitrogen and oxygen atoms in total. The van der Waals surface area contributed by atoms with Crippen LogP contribution in [0.1, 0.15) is 37.3 Å². The summed E-state index contributed by atoms with van der Waals surface area (Å²) in [4.78, 5) is 4.32. The molecule has 0 fully saturated rings. The lowest BCUT2D eigenvalue weighted by atomic mass is 10.1. The quantitative estimate of drug-likeness (QED) is 0.751. The Labute approximate surface area is 82.9 Å². The highest BCUT2D eigenvalue weighted by atomic mass is 35.5. The minimum absolute atomic E-state index is 0.0214. The van der Waals surface area contributed by atoms with E-state index in [0.717, 1.165) is 24.5 Å². The number of halogens is 1. The van der Waals surface area contributed by atoms with Crippen LogP contribution in [0.25, 0.3) is 0 Å². The van der Waals surface area contributed by atoms with Crippen LogP contribution < -0.4 is 5.73 Å². The molecule has 2 N–H and O–H groups in total. The molecule has 1 unspecified atom stereocenters. The van der Waals surface area contributed by atoms with E-state index in [1.807, 2.05) is 6.92 Å². The molecule has 0 radical (unpaired) electrons. The van der Waals surface area contributed by atoms with Gasteiger partial charge in [0.2, 0.25) is 0 Å². The molecule has 1 atom stereocenters. The van der Waals surface area contributed by atoms with Gasteiger partial charge in [-0.3, -0.25) is 0 Å². The molecule has 2 rings (SSSR count). The molecule has 0 saturated carbocycles. The van der Waals surface area contributed by atoms with Crippen molar-refractivity contribution in [3.05, 3.63) is 16.7 Å². The zero-order valence-electron chi connectivity index (χ0n) is 7.76. The highest BCUT2D eigenvalue weighted by Crippen LogP contribution is 2.26. The highest BCUT2D eigenvalue weighted by molar-refractivity contribution is 6.30. The zero-order chi connectivity index (χ0) is 9.42. The van der Waals surface area contributed by atoms with Crippen molar-refractivity contribution in [2.24, 2.45) is 5.73 Å². The Bertz CT molecular complexity index is 317. The third kappa shape index (κ3) is 1.46. The summed E-state index contributed by atoms with van der Waals surface area (Å²) in [6.07, 6.45) is 3.46. The van der Waals surface area contributed by atoms with Crippen LogP contribution in [0, 0.1) is 0 Å². The fraction of sp³-hybridized carbons (Fsp3) is 0.667. The van der Waals surface area contributed by atoms with Crippen molar-refractivity contribution in [1.82, 2.24) is 9.55 Å². The van der Waals surface area contributed by atoms with Gasteiger partial charge in [0, 0.05) is 19.0 Å². The number of hydrogen-bond donors (Lipinski definition) is 1. The normalized spacial score (nSPS) is 18.4. The number of nitrogens with two attached hydrogens (primary N) is 1. The predicted molar refractivity (Wildman–Crippen MR) is 52.8 cm³/mol. The largest absolute Gasteiger partial charge is 0.329 e. The molecule has 72 valence electrons. The SMILES string of the molecule is CC(N)c1c(Cl)nc2n1CCCC2. The summed E-state index contributed by atoms with van der Waals surface area (Å²) < 4.78 is 2.18.